The Morgan fingerprint density at radius 2 is 2.23 bits per heavy atom. The topological polar surface area (TPSA) is 81.2 Å². The van der Waals surface area contributed by atoms with Crippen LogP contribution in [0.15, 0.2) is 44.5 Å². The Kier molecular flexibility index (Phi) is 4.15. The molecule has 1 amide bonds. The second-order valence-electron chi connectivity index (χ2n) is 4.77. The van der Waals surface area contributed by atoms with Crippen molar-refractivity contribution in [2.75, 3.05) is 5.32 Å². The average Bonchev–Trinajstić information content (AvgIpc) is 3.10. The number of thioether (sulfide) groups is 1. The molecule has 114 valence electrons. The minimum absolute atomic E-state index is 0.150. The lowest BCUT2D eigenvalue weighted by Gasteiger charge is -2.10. The van der Waals surface area contributed by atoms with Gasteiger partial charge in [-0.05, 0) is 25.5 Å². The first-order valence-corrected chi connectivity index (χ1v) is 7.80. The van der Waals surface area contributed by atoms with Gasteiger partial charge in [0.25, 0.3) is 5.22 Å². The number of nitrogens with zero attached hydrogens (tertiary/aromatic N) is 2. The van der Waals surface area contributed by atoms with Crippen molar-refractivity contribution in [2.45, 2.75) is 30.7 Å². The third-order valence-corrected chi connectivity index (χ3v) is 4.27. The van der Waals surface area contributed by atoms with Crippen molar-refractivity contribution < 1.29 is 13.7 Å². The number of hydrogen-bond acceptors (Lipinski definition) is 6. The monoisotopic (exact) mass is 317 g/mol. The number of anilines is 1. The Balaban J connectivity index is 1.71. The van der Waals surface area contributed by atoms with Crippen LogP contribution in [0.4, 0.5) is 5.82 Å². The van der Waals surface area contributed by atoms with Crippen LogP contribution in [0.25, 0.3) is 11.1 Å². The highest BCUT2D eigenvalue weighted by Crippen LogP contribution is 2.28. The van der Waals surface area contributed by atoms with E-state index in [2.05, 4.69) is 15.5 Å². The summed E-state index contributed by atoms with van der Waals surface area (Å²) in [6.07, 6.45) is 0.645. The summed E-state index contributed by atoms with van der Waals surface area (Å²) < 4.78 is 10.6. The zero-order chi connectivity index (χ0) is 15.5. The number of fused-ring (bicyclic) bond motifs is 1. The van der Waals surface area contributed by atoms with E-state index >= 15 is 0 Å². The molecule has 0 saturated carbocycles. The summed E-state index contributed by atoms with van der Waals surface area (Å²) in [5.41, 5.74) is 1.50. The van der Waals surface area contributed by atoms with Crippen molar-refractivity contribution in [1.29, 1.82) is 0 Å². The molecule has 0 unspecified atom stereocenters. The third-order valence-electron chi connectivity index (χ3n) is 3.06. The van der Waals surface area contributed by atoms with Crippen molar-refractivity contribution in [3.63, 3.8) is 0 Å². The van der Waals surface area contributed by atoms with Crippen molar-refractivity contribution >= 4 is 34.6 Å². The average molecular weight is 317 g/mol. The van der Waals surface area contributed by atoms with E-state index in [1.54, 1.807) is 13.0 Å². The van der Waals surface area contributed by atoms with E-state index in [1.165, 1.54) is 11.8 Å². The summed E-state index contributed by atoms with van der Waals surface area (Å²) in [4.78, 5) is 16.7. The molecular formula is C15H15N3O3S. The van der Waals surface area contributed by atoms with Crippen molar-refractivity contribution in [3.05, 3.63) is 36.1 Å². The van der Waals surface area contributed by atoms with Gasteiger partial charge in [0, 0.05) is 6.07 Å². The van der Waals surface area contributed by atoms with Crippen LogP contribution in [0, 0.1) is 6.92 Å². The number of para-hydroxylation sites is 2. The molecule has 0 fully saturated rings. The second-order valence-corrected chi connectivity index (χ2v) is 5.93. The van der Waals surface area contributed by atoms with E-state index in [1.807, 2.05) is 31.2 Å². The Morgan fingerprint density at radius 3 is 2.91 bits per heavy atom. The van der Waals surface area contributed by atoms with Crippen LogP contribution in [-0.2, 0) is 4.79 Å². The molecule has 7 heteroatoms. The fraction of sp³-hybridized carbons (Fsp3) is 0.267. The number of nitrogens with one attached hydrogen (secondary N) is 1. The van der Waals surface area contributed by atoms with Crippen molar-refractivity contribution in [1.82, 2.24) is 10.1 Å². The lowest BCUT2D eigenvalue weighted by molar-refractivity contribution is -0.115. The largest absolute Gasteiger partial charge is 0.431 e. The molecule has 1 N–H and O–H groups in total. The zero-order valence-corrected chi connectivity index (χ0v) is 13.0. The van der Waals surface area contributed by atoms with Crippen LogP contribution in [0.1, 0.15) is 19.1 Å². The Morgan fingerprint density at radius 1 is 1.41 bits per heavy atom. The van der Waals surface area contributed by atoms with Gasteiger partial charge in [-0.3, -0.25) is 4.79 Å². The number of rotatable bonds is 5. The fourth-order valence-corrected chi connectivity index (χ4v) is 2.84. The first kappa shape index (κ1) is 14.6. The molecule has 3 aromatic rings. The molecule has 0 saturated heterocycles. The van der Waals surface area contributed by atoms with Crippen LogP contribution in [0.2, 0.25) is 0 Å². The first-order valence-electron chi connectivity index (χ1n) is 6.92. The molecule has 0 aliphatic heterocycles. The van der Waals surface area contributed by atoms with Crippen molar-refractivity contribution in [3.8, 4) is 0 Å². The number of aromatic nitrogens is 2. The normalized spacial score (nSPS) is 12.5. The Hall–Kier alpha value is -2.28. The van der Waals surface area contributed by atoms with Gasteiger partial charge in [0.1, 0.15) is 11.3 Å². The molecule has 0 aliphatic rings. The van der Waals surface area contributed by atoms with E-state index in [-0.39, 0.29) is 11.2 Å². The molecule has 22 heavy (non-hydrogen) atoms. The number of amides is 1. The summed E-state index contributed by atoms with van der Waals surface area (Å²) in [5, 5.41) is 6.66. The van der Waals surface area contributed by atoms with Crippen LogP contribution < -0.4 is 5.32 Å². The molecule has 2 aromatic heterocycles. The highest BCUT2D eigenvalue weighted by molar-refractivity contribution is 8.00. The molecule has 0 spiro atoms. The SMILES string of the molecule is CC[C@H](Sc1nc2ccccc2o1)C(=O)Nc1cc(C)on1. The predicted molar refractivity (Wildman–Crippen MR) is 83.8 cm³/mol. The number of aryl methyl sites for hydroxylation is 1. The van der Waals surface area contributed by atoms with Gasteiger partial charge >= 0.3 is 0 Å². The fourth-order valence-electron chi connectivity index (χ4n) is 1.98. The molecule has 2 heterocycles. The number of benzene rings is 1. The van der Waals surface area contributed by atoms with Crippen LogP contribution in [0.3, 0.4) is 0 Å². The number of hydrogen-bond donors (Lipinski definition) is 1. The van der Waals surface area contributed by atoms with Crippen LogP contribution in [-0.4, -0.2) is 21.3 Å². The van der Waals surface area contributed by atoms with Gasteiger partial charge in [-0.1, -0.05) is 36.0 Å². The number of oxazole rings is 1. The van der Waals surface area contributed by atoms with E-state index < -0.39 is 0 Å². The van der Waals surface area contributed by atoms with Gasteiger partial charge in [-0.15, -0.1) is 0 Å². The van der Waals surface area contributed by atoms with E-state index in [9.17, 15) is 4.79 Å². The summed E-state index contributed by atoms with van der Waals surface area (Å²) in [6.45, 7) is 3.71. The summed E-state index contributed by atoms with van der Waals surface area (Å²) in [6, 6.07) is 9.19. The van der Waals surface area contributed by atoms with E-state index in [0.717, 1.165) is 5.52 Å². The molecule has 6 nitrogen and oxygen atoms in total. The van der Waals surface area contributed by atoms with Gasteiger partial charge in [0.2, 0.25) is 5.91 Å². The zero-order valence-electron chi connectivity index (χ0n) is 12.2. The van der Waals surface area contributed by atoms with Crippen LogP contribution in [0.5, 0.6) is 0 Å². The highest BCUT2D eigenvalue weighted by Gasteiger charge is 2.22. The maximum Gasteiger partial charge on any atom is 0.257 e. The summed E-state index contributed by atoms with van der Waals surface area (Å²) >= 11 is 1.30. The van der Waals surface area contributed by atoms with Crippen LogP contribution >= 0.6 is 11.8 Å². The minimum Gasteiger partial charge on any atom is -0.431 e. The van der Waals surface area contributed by atoms with Crippen molar-refractivity contribution in [2.24, 2.45) is 0 Å². The molecule has 0 aliphatic carbocycles. The van der Waals surface area contributed by atoms with Gasteiger partial charge in [-0.25, -0.2) is 4.98 Å². The molecule has 0 radical (unpaired) electrons. The Bertz CT molecular complexity index is 763. The van der Waals surface area contributed by atoms with E-state index in [4.69, 9.17) is 8.94 Å². The van der Waals surface area contributed by atoms with Gasteiger partial charge in [0.05, 0.1) is 5.25 Å². The quantitative estimate of drug-likeness (QED) is 0.724. The summed E-state index contributed by atoms with van der Waals surface area (Å²) in [7, 11) is 0. The smallest absolute Gasteiger partial charge is 0.257 e. The molecule has 1 atom stereocenters. The van der Waals surface area contributed by atoms with E-state index in [0.29, 0.717) is 28.8 Å². The molecule has 1 aromatic carbocycles. The number of carbonyl (C=O) groups excluding carboxylic acids is 1. The maximum absolute atomic E-state index is 12.3. The first-order chi connectivity index (χ1) is 10.7. The number of carbonyl (C=O) groups is 1. The lowest BCUT2D eigenvalue weighted by atomic mass is 10.3. The van der Waals surface area contributed by atoms with Gasteiger partial charge in [0.15, 0.2) is 11.4 Å². The lowest BCUT2D eigenvalue weighted by Crippen LogP contribution is -2.24. The predicted octanol–water partition coefficient (Wildman–Crippen LogP) is 3.63. The molecule has 0 bridgehead atoms. The second kappa shape index (κ2) is 6.23. The standard InChI is InChI=1S/C15H15N3O3S/c1-3-12(14(19)17-13-8-9(2)21-18-13)22-15-16-10-6-4-5-7-11(10)20-15/h4-8,12H,3H2,1-2H3,(H,17,18,19)/t12-/m0/s1. The van der Waals surface area contributed by atoms with Gasteiger partial charge < -0.3 is 14.3 Å². The highest BCUT2D eigenvalue weighted by atomic mass is 32.2. The minimum atomic E-state index is -0.315. The molecular weight excluding hydrogens is 302 g/mol. The van der Waals surface area contributed by atoms with Gasteiger partial charge in [-0.2, -0.15) is 0 Å². The Labute approximate surface area is 131 Å². The maximum atomic E-state index is 12.3. The third kappa shape index (κ3) is 3.14. The summed E-state index contributed by atoms with van der Waals surface area (Å²) in [5.74, 6) is 0.914. The molecule has 3 rings (SSSR count).